The van der Waals surface area contributed by atoms with E-state index in [1.54, 1.807) is 4.90 Å². The van der Waals surface area contributed by atoms with Crippen LogP contribution in [-0.4, -0.2) is 49.6 Å². The zero-order valence-electron chi connectivity index (χ0n) is 15.0. The second kappa shape index (κ2) is 7.64. The summed E-state index contributed by atoms with van der Waals surface area (Å²) < 4.78 is 40.4. The number of hydrogen-bond acceptors (Lipinski definition) is 6. The van der Waals surface area contributed by atoms with Crippen molar-refractivity contribution in [2.75, 3.05) is 31.1 Å². The molecule has 0 unspecified atom stereocenters. The van der Waals surface area contributed by atoms with Gasteiger partial charge in [0.1, 0.15) is 16.4 Å². The second-order valence-electron chi connectivity index (χ2n) is 6.34. The summed E-state index contributed by atoms with van der Waals surface area (Å²) in [6, 6.07) is 9.39. The average Bonchev–Trinajstić information content (AvgIpc) is 2.67. The Morgan fingerprint density at radius 3 is 2.32 bits per heavy atom. The van der Waals surface area contributed by atoms with Crippen molar-refractivity contribution in [1.29, 1.82) is 0 Å². The van der Waals surface area contributed by atoms with Crippen molar-refractivity contribution < 1.29 is 22.5 Å². The molecule has 0 saturated carbocycles. The number of hydrogen-bond donors (Lipinski definition) is 0. The quantitative estimate of drug-likeness (QED) is 0.429. The lowest BCUT2D eigenvalue weighted by Gasteiger charge is -2.35. The topological polar surface area (TPSA) is 101 Å². The van der Waals surface area contributed by atoms with Crippen molar-refractivity contribution in [2.45, 2.75) is 11.8 Å². The third kappa shape index (κ3) is 3.73. The molecule has 8 nitrogen and oxygen atoms in total. The molecule has 0 N–H and O–H groups in total. The van der Waals surface area contributed by atoms with Crippen LogP contribution in [0.1, 0.15) is 17.3 Å². The summed E-state index contributed by atoms with van der Waals surface area (Å²) in [4.78, 5) is 23.6. The Hall–Kier alpha value is -2.85. The molecule has 2 aromatic carbocycles. The van der Waals surface area contributed by atoms with Crippen molar-refractivity contribution in [3.05, 3.63) is 64.0 Å². The second-order valence-corrected chi connectivity index (χ2v) is 8.24. The highest BCUT2D eigenvalue weighted by atomic mass is 32.2. The average molecular weight is 407 g/mol. The molecule has 0 aromatic heterocycles. The highest BCUT2D eigenvalue weighted by Crippen LogP contribution is 2.31. The van der Waals surface area contributed by atoms with Crippen molar-refractivity contribution in [3.63, 3.8) is 0 Å². The van der Waals surface area contributed by atoms with E-state index in [2.05, 4.69) is 0 Å². The standard InChI is InChI=1S/C18H18FN3O5S/c1-13(23)14-6-7-16(17(12-14)22(24)25)20-8-10-21(11-9-20)28(26,27)18-5-3-2-4-15(18)19/h2-7,12H,8-11H2,1H3. The number of nitro benzene ring substituents is 1. The van der Waals surface area contributed by atoms with Gasteiger partial charge in [-0.1, -0.05) is 12.1 Å². The number of carbonyl (C=O) groups excluding carboxylic acids is 1. The molecule has 1 saturated heterocycles. The van der Waals surface area contributed by atoms with E-state index >= 15 is 0 Å². The summed E-state index contributed by atoms with van der Waals surface area (Å²) in [6.07, 6.45) is 0. The minimum absolute atomic E-state index is 0.0578. The number of halogens is 1. The maximum atomic E-state index is 13.9. The fourth-order valence-electron chi connectivity index (χ4n) is 3.12. The van der Waals surface area contributed by atoms with Crippen LogP contribution in [0.15, 0.2) is 47.4 Å². The molecule has 1 aliphatic heterocycles. The van der Waals surface area contributed by atoms with Gasteiger partial charge >= 0.3 is 0 Å². The number of nitro groups is 1. The van der Waals surface area contributed by atoms with E-state index in [9.17, 15) is 27.7 Å². The Morgan fingerprint density at radius 2 is 1.75 bits per heavy atom. The third-order valence-electron chi connectivity index (χ3n) is 4.61. The number of Topliss-reactive ketones (excluding diaryl/α,β-unsaturated/α-hetero) is 1. The van der Waals surface area contributed by atoms with Gasteiger partial charge in [0.05, 0.1) is 4.92 Å². The van der Waals surface area contributed by atoms with Crippen LogP contribution in [-0.2, 0) is 10.0 Å². The minimum atomic E-state index is -3.99. The number of piperazine rings is 1. The Morgan fingerprint density at radius 1 is 1.11 bits per heavy atom. The molecule has 3 rings (SSSR count). The molecule has 0 aliphatic carbocycles. The molecule has 1 heterocycles. The first kappa shape index (κ1) is 19.9. The predicted octanol–water partition coefficient (Wildman–Crippen LogP) is 2.45. The maximum Gasteiger partial charge on any atom is 0.293 e. The van der Waals surface area contributed by atoms with Crippen LogP contribution in [0.4, 0.5) is 15.8 Å². The van der Waals surface area contributed by atoms with E-state index in [0.717, 1.165) is 10.4 Å². The van der Waals surface area contributed by atoms with Gasteiger partial charge in [0.2, 0.25) is 10.0 Å². The molecule has 1 aliphatic rings. The Kier molecular flexibility index (Phi) is 5.43. The summed E-state index contributed by atoms with van der Waals surface area (Å²) in [6.45, 7) is 1.84. The molecule has 0 radical (unpaired) electrons. The molecule has 0 atom stereocenters. The highest BCUT2D eigenvalue weighted by molar-refractivity contribution is 7.89. The number of ketones is 1. The zero-order chi connectivity index (χ0) is 20.5. The van der Waals surface area contributed by atoms with Gasteiger partial charge in [-0.3, -0.25) is 14.9 Å². The number of rotatable bonds is 5. The van der Waals surface area contributed by atoms with Crippen molar-refractivity contribution >= 4 is 27.2 Å². The first-order valence-electron chi connectivity index (χ1n) is 8.51. The SMILES string of the molecule is CC(=O)c1ccc(N2CCN(S(=O)(=O)c3ccccc3F)CC2)c([N+](=O)[O-])c1. The first-order chi connectivity index (χ1) is 13.2. The molecule has 1 fully saturated rings. The van der Waals surface area contributed by atoms with Crippen LogP contribution >= 0.6 is 0 Å². The van der Waals surface area contributed by atoms with Gasteiger partial charge in [0.15, 0.2) is 5.78 Å². The molecule has 148 valence electrons. The highest BCUT2D eigenvalue weighted by Gasteiger charge is 2.32. The van der Waals surface area contributed by atoms with E-state index < -0.39 is 20.8 Å². The van der Waals surface area contributed by atoms with Crippen molar-refractivity contribution in [2.24, 2.45) is 0 Å². The van der Waals surface area contributed by atoms with E-state index in [0.29, 0.717) is 5.69 Å². The maximum absolute atomic E-state index is 13.9. The summed E-state index contributed by atoms with van der Waals surface area (Å²) in [5, 5.41) is 11.4. The van der Waals surface area contributed by atoms with Gasteiger partial charge in [0, 0.05) is 37.8 Å². The molecular weight excluding hydrogens is 389 g/mol. The monoisotopic (exact) mass is 407 g/mol. The lowest BCUT2D eigenvalue weighted by molar-refractivity contribution is -0.384. The van der Waals surface area contributed by atoms with Crippen LogP contribution in [0.5, 0.6) is 0 Å². The Bertz CT molecular complexity index is 1030. The summed E-state index contributed by atoms with van der Waals surface area (Å²) in [5.41, 5.74) is 0.340. The number of benzene rings is 2. The Labute approximate surface area is 161 Å². The predicted molar refractivity (Wildman–Crippen MR) is 100 cm³/mol. The summed E-state index contributed by atoms with van der Waals surface area (Å²) in [7, 11) is -3.99. The van der Waals surface area contributed by atoms with Gasteiger partial charge in [-0.15, -0.1) is 0 Å². The van der Waals surface area contributed by atoms with Gasteiger partial charge in [0.25, 0.3) is 5.69 Å². The Balaban J connectivity index is 1.82. The number of anilines is 1. The van der Waals surface area contributed by atoms with Gasteiger partial charge in [-0.2, -0.15) is 4.31 Å². The fraction of sp³-hybridized carbons (Fsp3) is 0.278. The van der Waals surface area contributed by atoms with Crippen LogP contribution in [0, 0.1) is 15.9 Å². The van der Waals surface area contributed by atoms with Gasteiger partial charge in [-0.25, -0.2) is 12.8 Å². The molecule has 10 heteroatoms. The van der Waals surface area contributed by atoms with Crippen LogP contribution < -0.4 is 4.90 Å². The lowest BCUT2D eigenvalue weighted by atomic mass is 10.1. The van der Waals surface area contributed by atoms with Crippen LogP contribution in [0.3, 0.4) is 0 Å². The fourth-order valence-corrected chi connectivity index (χ4v) is 4.61. The number of nitrogens with zero attached hydrogens (tertiary/aromatic N) is 3. The lowest BCUT2D eigenvalue weighted by Crippen LogP contribution is -2.49. The first-order valence-corrected chi connectivity index (χ1v) is 9.95. The molecule has 0 amide bonds. The molecule has 28 heavy (non-hydrogen) atoms. The minimum Gasteiger partial charge on any atom is -0.363 e. The molecule has 0 spiro atoms. The third-order valence-corrected chi connectivity index (χ3v) is 6.54. The van der Waals surface area contributed by atoms with Gasteiger partial charge in [-0.05, 0) is 31.2 Å². The van der Waals surface area contributed by atoms with Crippen LogP contribution in [0.25, 0.3) is 0 Å². The van der Waals surface area contributed by atoms with Crippen LogP contribution in [0.2, 0.25) is 0 Å². The zero-order valence-corrected chi connectivity index (χ0v) is 15.9. The largest absolute Gasteiger partial charge is 0.363 e. The summed E-state index contributed by atoms with van der Waals surface area (Å²) >= 11 is 0. The normalized spacial score (nSPS) is 15.4. The van der Waals surface area contributed by atoms with E-state index in [1.807, 2.05) is 0 Å². The molecular formula is C18H18FN3O5S. The van der Waals surface area contributed by atoms with E-state index in [1.165, 1.54) is 43.3 Å². The van der Waals surface area contributed by atoms with Crippen molar-refractivity contribution in [1.82, 2.24) is 4.31 Å². The van der Waals surface area contributed by atoms with Crippen molar-refractivity contribution in [3.8, 4) is 0 Å². The molecule has 0 bridgehead atoms. The van der Waals surface area contributed by atoms with E-state index in [-0.39, 0.29) is 48.1 Å². The van der Waals surface area contributed by atoms with E-state index in [4.69, 9.17) is 0 Å². The summed E-state index contributed by atoms with van der Waals surface area (Å²) in [5.74, 6) is -1.10. The van der Waals surface area contributed by atoms with Gasteiger partial charge < -0.3 is 4.90 Å². The molecule has 2 aromatic rings. The number of sulfonamides is 1. The number of carbonyl (C=O) groups is 1. The smallest absolute Gasteiger partial charge is 0.293 e.